The smallest absolute Gasteiger partial charge is 0.345 e. The molecule has 0 atom stereocenters. The summed E-state index contributed by atoms with van der Waals surface area (Å²) in [6.07, 6.45) is 3.51. The molecule has 0 unspecified atom stereocenters. The fraction of sp³-hybridized carbons (Fsp3) is 0. The molecule has 4 aromatic heterocycles. The summed E-state index contributed by atoms with van der Waals surface area (Å²) in [4.78, 5) is 22.3. The summed E-state index contributed by atoms with van der Waals surface area (Å²) >= 11 is 2.94. The van der Waals surface area contributed by atoms with Crippen molar-refractivity contribution in [1.29, 1.82) is 0 Å². The number of aromatic carboxylic acids is 1. The molecule has 4 aromatic rings. The highest BCUT2D eigenvalue weighted by Crippen LogP contribution is 2.31. The number of carboxylic acids is 1. The zero-order valence-corrected chi connectivity index (χ0v) is 14.6. The number of thiophene rings is 2. The van der Waals surface area contributed by atoms with Crippen LogP contribution in [0.3, 0.4) is 0 Å². The van der Waals surface area contributed by atoms with Gasteiger partial charge in [-0.1, -0.05) is 6.07 Å². The number of pyridine rings is 2. The minimum atomic E-state index is -0.907. The van der Waals surface area contributed by atoms with Gasteiger partial charge >= 0.3 is 5.97 Å². The third kappa shape index (κ3) is 3.22. The molecule has 0 aliphatic heterocycles. The first-order valence-electron chi connectivity index (χ1n) is 7.50. The lowest BCUT2D eigenvalue weighted by Crippen LogP contribution is -1.89. The summed E-state index contributed by atoms with van der Waals surface area (Å²) in [6, 6.07) is 15.4. The Morgan fingerprint density at radius 3 is 2.12 bits per heavy atom. The second-order valence-corrected chi connectivity index (χ2v) is 7.34. The number of carboxylic acid groups (broad SMARTS) is 1. The molecular formula is C19H12N2O2S2. The molecule has 4 nitrogen and oxygen atoms in total. The van der Waals surface area contributed by atoms with Crippen LogP contribution >= 0.6 is 22.7 Å². The lowest BCUT2D eigenvalue weighted by Gasteiger charge is -2.05. The molecule has 0 spiro atoms. The van der Waals surface area contributed by atoms with Crippen LogP contribution in [0.25, 0.3) is 32.3 Å². The average Bonchev–Trinajstić information content (AvgIpc) is 3.34. The topological polar surface area (TPSA) is 63.1 Å². The first kappa shape index (κ1) is 15.7. The third-order valence-electron chi connectivity index (χ3n) is 3.69. The van der Waals surface area contributed by atoms with Gasteiger partial charge in [-0.05, 0) is 59.0 Å². The zero-order valence-electron chi connectivity index (χ0n) is 12.9. The van der Waals surface area contributed by atoms with Crippen molar-refractivity contribution >= 4 is 28.6 Å². The van der Waals surface area contributed by atoms with Crippen LogP contribution in [0.1, 0.15) is 9.67 Å². The summed E-state index contributed by atoms with van der Waals surface area (Å²) in [5.74, 6) is -0.907. The summed E-state index contributed by atoms with van der Waals surface area (Å²) in [5.41, 5.74) is 3.60. The van der Waals surface area contributed by atoms with Gasteiger partial charge in [0.2, 0.25) is 0 Å². The van der Waals surface area contributed by atoms with Crippen LogP contribution in [0.4, 0.5) is 0 Å². The molecule has 0 radical (unpaired) electrons. The van der Waals surface area contributed by atoms with Gasteiger partial charge in [0.1, 0.15) is 4.88 Å². The van der Waals surface area contributed by atoms with Gasteiger partial charge in [-0.2, -0.15) is 0 Å². The van der Waals surface area contributed by atoms with Crippen LogP contribution in [0.5, 0.6) is 0 Å². The van der Waals surface area contributed by atoms with Crippen molar-refractivity contribution in [3.05, 3.63) is 71.2 Å². The molecule has 0 saturated carbocycles. The Balaban J connectivity index is 1.72. The predicted molar refractivity (Wildman–Crippen MR) is 101 cm³/mol. The van der Waals surface area contributed by atoms with E-state index in [9.17, 15) is 4.79 Å². The van der Waals surface area contributed by atoms with E-state index in [-0.39, 0.29) is 0 Å². The van der Waals surface area contributed by atoms with Crippen molar-refractivity contribution in [2.24, 2.45) is 0 Å². The highest BCUT2D eigenvalue weighted by atomic mass is 32.1. The molecular weight excluding hydrogens is 352 g/mol. The van der Waals surface area contributed by atoms with E-state index < -0.39 is 5.97 Å². The standard InChI is InChI=1S/C19H12N2O2S2/c22-19(23)18-4-3-17(25-18)13-6-8-21-15(11-13)14-10-12(5-7-20-14)16-2-1-9-24-16/h1-11H,(H,22,23). The molecule has 25 heavy (non-hydrogen) atoms. The van der Waals surface area contributed by atoms with Crippen molar-refractivity contribution in [3.63, 3.8) is 0 Å². The van der Waals surface area contributed by atoms with E-state index in [2.05, 4.69) is 16.0 Å². The van der Waals surface area contributed by atoms with E-state index in [1.54, 1.807) is 29.8 Å². The summed E-state index contributed by atoms with van der Waals surface area (Å²) in [5, 5.41) is 11.1. The minimum absolute atomic E-state index is 0.325. The van der Waals surface area contributed by atoms with Crippen LogP contribution in [0.15, 0.2) is 66.3 Å². The average molecular weight is 364 g/mol. The normalized spacial score (nSPS) is 10.7. The van der Waals surface area contributed by atoms with Gasteiger partial charge in [0.25, 0.3) is 0 Å². The van der Waals surface area contributed by atoms with Crippen molar-refractivity contribution in [2.45, 2.75) is 0 Å². The summed E-state index contributed by atoms with van der Waals surface area (Å²) < 4.78 is 0. The number of nitrogens with zero attached hydrogens (tertiary/aromatic N) is 2. The van der Waals surface area contributed by atoms with Crippen molar-refractivity contribution < 1.29 is 9.90 Å². The van der Waals surface area contributed by atoms with E-state index >= 15 is 0 Å². The molecule has 0 aliphatic rings. The molecule has 4 heterocycles. The quantitative estimate of drug-likeness (QED) is 0.534. The van der Waals surface area contributed by atoms with Crippen LogP contribution in [0.2, 0.25) is 0 Å². The molecule has 0 saturated heterocycles. The molecule has 0 fully saturated rings. The molecule has 1 N–H and O–H groups in total. The van der Waals surface area contributed by atoms with Crippen molar-refractivity contribution in [1.82, 2.24) is 9.97 Å². The van der Waals surface area contributed by atoms with E-state index in [1.165, 1.54) is 16.2 Å². The number of hydrogen-bond donors (Lipinski definition) is 1. The first-order chi connectivity index (χ1) is 12.2. The van der Waals surface area contributed by atoms with Crippen molar-refractivity contribution in [3.8, 4) is 32.3 Å². The second kappa shape index (κ2) is 6.58. The van der Waals surface area contributed by atoms with Gasteiger partial charge in [0, 0.05) is 22.1 Å². The van der Waals surface area contributed by atoms with Gasteiger partial charge in [0.15, 0.2) is 0 Å². The molecule has 4 rings (SSSR count). The van der Waals surface area contributed by atoms with E-state index in [4.69, 9.17) is 5.11 Å². The molecule has 0 amide bonds. The Bertz CT molecular complexity index is 1040. The van der Waals surface area contributed by atoms with Crippen molar-refractivity contribution in [2.75, 3.05) is 0 Å². The largest absolute Gasteiger partial charge is 0.477 e. The summed E-state index contributed by atoms with van der Waals surface area (Å²) in [7, 11) is 0. The first-order valence-corrected chi connectivity index (χ1v) is 9.20. The lowest BCUT2D eigenvalue weighted by atomic mass is 10.1. The van der Waals surface area contributed by atoms with Crippen LogP contribution in [-0.2, 0) is 0 Å². The van der Waals surface area contributed by atoms with Gasteiger partial charge in [-0.3, -0.25) is 9.97 Å². The van der Waals surface area contributed by atoms with Gasteiger partial charge in [0.05, 0.1) is 11.4 Å². The van der Waals surface area contributed by atoms with Crippen LogP contribution < -0.4 is 0 Å². The zero-order chi connectivity index (χ0) is 17.2. The van der Waals surface area contributed by atoms with E-state index in [0.29, 0.717) is 4.88 Å². The minimum Gasteiger partial charge on any atom is -0.477 e. The number of rotatable bonds is 4. The molecule has 0 aromatic carbocycles. The Morgan fingerprint density at radius 1 is 0.880 bits per heavy atom. The van der Waals surface area contributed by atoms with E-state index in [1.807, 2.05) is 41.8 Å². The number of carbonyl (C=O) groups is 1. The molecule has 122 valence electrons. The second-order valence-electron chi connectivity index (χ2n) is 5.31. The van der Waals surface area contributed by atoms with E-state index in [0.717, 1.165) is 27.4 Å². The molecule has 0 aliphatic carbocycles. The lowest BCUT2D eigenvalue weighted by molar-refractivity contribution is 0.0702. The van der Waals surface area contributed by atoms with Gasteiger partial charge in [-0.25, -0.2) is 4.79 Å². The molecule has 6 heteroatoms. The predicted octanol–water partition coefficient (Wildman–Crippen LogP) is 5.30. The maximum absolute atomic E-state index is 11.1. The Kier molecular flexibility index (Phi) is 4.13. The van der Waals surface area contributed by atoms with Crippen LogP contribution in [-0.4, -0.2) is 21.0 Å². The number of hydrogen-bond acceptors (Lipinski definition) is 5. The highest BCUT2D eigenvalue weighted by molar-refractivity contribution is 7.17. The Morgan fingerprint density at radius 2 is 1.56 bits per heavy atom. The van der Waals surface area contributed by atoms with Gasteiger partial charge in [-0.15, -0.1) is 22.7 Å². The highest BCUT2D eigenvalue weighted by Gasteiger charge is 2.10. The monoisotopic (exact) mass is 364 g/mol. The molecule has 0 bridgehead atoms. The maximum Gasteiger partial charge on any atom is 0.345 e. The van der Waals surface area contributed by atoms with Gasteiger partial charge < -0.3 is 5.11 Å². The maximum atomic E-state index is 11.1. The van der Waals surface area contributed by atoms with Crippen LogP contribution in [0, 0.1) is 0 Å². The SMILES string of the molecule is O=C(O)c1ccc(-c2ccnc(-c3cc(-c4cccs4)ccn3)c2)s1. The Hall–Kier alpha value is -2.83. The summed E-state index contributed by atoms with van der Waals surface area (Å²) in [6.45, 7) is 0. The fourth-order valence-electron chi connectivity index (χ4n) is 2.50. The Labute approximate surface area is 152 Å². The number of aromatic nitrogens is 2. The fourth-order valence-corrected chi connectivity index (χ4v) is 4.06. The third-order valence-corrected chi connectivity index (χ3v) is 5.73.